The van der Waals surface area contributed by atoms with E-state index in [4.69, 9.17) is 28.3 Å². The molecule has 0 fully saturated rings. The fourth-order valence-corrected chi connectivity index (χ4v) is 2.07. The Labute approximate surface area is 127 Å². The summed E-state index contributed by atoms with van der Waals surface area (Å²) in [6, 6.07) is 2.19. The van der Waals surface area contributed by atoms with Crippen LogP contribution in [-0.4, -0.2) is 35.1 Å². The van der Waals surface area contributed by atoms with Crippen LogP contribution in [0.2, 0.25) is 10.0 Å². The Kier molecular flexibility index (Phi) is 5.65. The minimum atomic E-state index is -1.14. The zero-order valence-corrected chi connectivity index (χ0v) is 12.9. The number of aromatic carboxylic acids is 1. The van der Waals surface area contributed by atoms with Crippen LogP contribution in [0.3, 0.4) is 0 Å². The number of benzene rings is 1. The molecular formula is C13H16Cl2N2O3. The summed E-state index contributed by atoms with van der Waals surface area (Å²) in [4.78, 5) is 24.4. The summed E-state index contributed by atoms with van der Waals surface area (Å²) in [5.41, 5.74) is 0.173. The predicted molar refractivity (Wildman–Crippen MR) is 80.0 cm³/mol. The van der Waals surface area contributed by atoms with Gasteiger partial charge in [-0.1, -0.05) is 30.1 Å². The number of rotatable bonds is 4. The number of nitrogens with zero attached hydrogens (tertiary/aromatic N) is 1. The van der Waals surface area contributed by atoms with Gasteiger partial charge in [0.15, 0.2) is 0 Å². The summed E-state index contributed by atoms with van der Waals surface area (Å²) in [6.07, 6.45) is 0.809. The highest BCUT2D eigenvalue weighted by Crippen LogP contribution is 2.32. The molecule has 0 aliphatic rings. The summed E-state index contributed by atoms with van der Waals surface area (Å²) in [5, 5.41) is 11.6. The number of hydrogen-bond acceptors (Lipinski definition) is 2. The maximum absolute atomic E-state index is 12.0. The Morgan fingerprint density at radius 1 is 1.35 bits per heavy atom. The van der Waals surface area contributed by atoms with Gasteiger partial charge in [-0.05, 0) is 25.5 Å². The number of hydrogen-bond donors (Lipinski definition) is 2. The number of amides is 2. The van der Waals surface area contributed by atoms with Crippen molar-refractivity contribution in [2.45, 2.75) is 26.3 Å². The molecule has 0 saturated carbocycles. The summed E-state index contributed by atoms with van der Waals surface area (Å²) in [6.45, 7) is 3.88. The van der Waals surface area contributed by atoms with Crippen molar-refractivity contribution < 1.29 is 14.7 Å². The summed E-state index contributed by atoms with van der Waals surface area (Å²) in [5.74, 6) is -1.14. The van der Waals surface area contributed by atoms with Crippen LogP contribution in [-0.2, 0) is 0 Å². The van der Waals surface area contributed by atoms with Gasteiger partial charge in [0.25, 0.3) is 0 Å². The van der Waals surface area contributed by atoms with Crippen LogP contribution in [0.25, 0.3) is 0 Å². The zero-order valence-electron chi connectivity index (χ0n) is 11.4. The van der Waals surface area contributed by atoms with Crippen molar-refractivity contribution in [3.63, 3.8) is 0 Å². The van der Waals surface area contributed by atoms with Gasteiger partial charge in [-0.15, -0.1) is 0 Å². The molecule has 7 heteroatoms. The normalized spacial score (nSPS) is 11.8. The van der Waals surface area contributed by atoms with E-state index in [1.54, 1.807) is 7.05 Å². The first-order valence-electron chi connectivity index (χ1n) is 6.04. The molecule has 0 aliphatic carbocycles. The minimum Gasteiger partial charge on any atom is -0.478 e. The average Bonchev–Trinajstić information content (AvgIpc) is 2.40. The number of halogens is 2. The molecule has 2 amide bonds. The molecule has 0 aliphatic heterocycles. The molecule has 0 spiro atoms. The highest BCUT2D eigenvalue weighted by molar-refractivity contribution is 6.40. The van der Waals surface area contributed by atoms with Crippen molar-refractivity contribution in [1.82, 2.24) is 4.90 Å². The average molecular weight is 319 g/mol. The van der Waals surface area contributed by atoms with Crippen LogP contribution in [0.4, 0.5) is 10.5 Å². The number of nitrogens with one attached hydrogen (secondary N) is 1. The van der Waals surface area contributed by atoms with Crippen molar-refractivity contribution in [2.75, 3.05) is 12.4 Å². The molecule has 0 radical (unpaired) electrons. The standard InChI is InChI=1S/C13H16Cl2N2O3/c1-4-7(2)17(3)13(20)16-11-9(14)5-8(12(18)19)6-10(11)15/h5-7H,4H2,1-3H3,(H,16,20)(H,18,19). The second-order valence-electron chi connectivity index (χ2n) is 4.42. The smallest absolute Gasteiger partial charge is 0.335 e. The molecule has 2 N–H and O–H groups in total. The topological polar surface area (TPSA) is 69.6 Å². The third-order valence-electron chi connectivity index (χ3n) is 3.09. The Hall–Kier alpha value is -1.46. The monoisotopic (exact) mass is 318 g/mol. The van der Waals surface area contributed by atoms with Gasteiger partial charge in [-0.2, -0.15) is 0 Å². The van der Waals surface area contributed by atoms with Gasteiger partial charge in [0.2, 0.25) is 0 Å². The largest absolute Gasteiger partial charge is 0.478 e. The lowest BCUT2D eigenvalue weighted by Crippen LogP contribution is -2.38. The van der Waals surface area contributed by atoms with E-state index in [-0.39, 0.29) is 33.4 Å². The SMILES string of the molecule is CCC(C)N(C)C(=O)Nc1c(Cl)cc(C(=O)O)cc1Cl. The lowest BCUT2D eigenvalue weighted by atomic mass is 10.2. The fraction of sp³-hybridized carbons (Fsp3) is 0.385. The van der Waals surface area contributed by atoms with E-state index in [1.807, 2.05) is 13.8 Å². The van der Waals surface area contributed by atoms with E-state index in [1.165, 1.54) is 17.0 Å². The Morgan fingerprint density at radius 2 is 1.85 bits per heavy atom. The van der Waals surface area contributed by atoms with E-state index >= 15 is 0 Å². The molecule has 1 unspecified atom stereocenters. The number of anilines is 1. The molecular weight excluding hydrogens is 303 g/mol. The van der Waals surface area contributed by atoms with Crippen molar-refractivity contribution >= 4 is 40.9 Å². The number of carbonyl (C=O) groups is 2. The molecule has 0 bridgehead atoms. The van der Waals surface area contributed by atoms with Gasteiger partial charge in [0, 0.05) is 13.1 Å². The van der Waals surface area contributed by atoms with Gasteiger partial charge >= 0.3 is 12.0 Å². The van der Waals surface area contributed by atoms with Crippen LogP contribution in [0.5, 0.6) is 0 Å². The van der Waals surface area contributed by atoms with Crippen LogP contribution < -0.4 is 5.32 Å². The van der Waals surface area contributed by atoms with Gasteiger partial charge in [0.1, 0.15) is 0 Å². The van der Waals surface area contributed by atoms with Crippen molar-refractivity contribution in [1.29, 1.82) is 0 Å². The maximum atomic E-state index is 12.0. The van der Waals surface area contributed by atoms with Crippen LogP contribution >= 0.6 is 23.2 Å². The molecule has 1 atom stereocenters. The fourth-order valence-electron chi connectivity index (χ4n) is 1.49. The van der Waals surface area contributed by atoms with Crippen molar-refractivity contribution in [3.05, 3.63) is 27.7 Å². The number of carboxylic acids is 1. The molecule has 110 valence electrons. The van der Waals surface area contributed by atoms with Crippen LogP contribution in [0.15, 0.2) is 12.1 Å². The zero-order chi connectivity index (χ0) is 15.4. The van der Waals surface area contributed by atoms with E-state index in [0.717, 1.165) is 6.42 Å². The quantitative estimate of drug-likeness (QED) is 0.882. The first kappa shape index (κ1) is 16.6. The highest BCUT2D eigenvalue weighted by atomic mass is 35.5. The lowest BCUT2D eigenvalue weighted by molar-refractivity contribution is 0.0697. The summed E-state index contributed by atoms with van der Waals surface area (Å²) < 4.78 is 0. The van der Waals surface area contributed by atoms with Gasteiger partial charge in [0.05, 0.1) is 21.3 Å². The Morgan fingerprint density at radius 3 is 2.25 bits per heavy atom. The van der Waals surface area contributed by atoms with Gasteiger partial charge in [-0.25, -0.2) is 9.59 Å². The molecule has 0 saturated heterocycles. The van der Waals surface area contributed by atoms with Crippen LogP contribution in [0.1, 0.15) is 30.6 Å². The summed E-state index contributed by atoms with van der Waals surface area (Å²) >= 11 is 11.9. The molecule has 1 aromatic rings. The number of carboxylic acid groups (broad SMARTS) is 1. The van der Waals surface area contributed by atoms with Crippen molar-refractivity contribution in [2.24, 2.45) is 0 Å². The van der Waals surface area contributed by atoms with Gasteiger partial charge in [-0.3, -0.25) is 0 Å². The molecule has 1 aromatic carbocycles. The van der Waals surface area contributed by atoms with E-state index in [0.29, 0.717) is 0 Å². The van der Waals surface area contributed by atoms with E-state index < -0.39 is 5.97 Å². The first-order chi connectivity index (χ1) is 9.27. The third kappa shape index (κ3) is 3.77. The van der Waals surface area contributed by atoms with Gasteiger partial charge < -0.3 is 15.3 Å². The molecule has 0 heterocycles. The number of carbonyl (C=O) groups excluding carboxylic acids is 1. The molecule has 20 heavy (non-hydrogen) atoms. The Bertz CT molecular complexity index is 511. The van der Waals surface area contributed by atoms with E-state index in [9.17, 15) is 9.59 Å². The number of urea groups is 1. The van der Waals surface area contributed by atoms with E-state index in [2.05, 4.69) is 5.32 Å². The Balaban J connectivity index is 2.99. The minimum absolute atomic E-state index is 0.0340. The molecule has 5 nitrogen and oxygen atoms in total. The third-order valence-corrected chi connectivity index (χ3v) is 3.69. The maximum Gasteiger partial charge on any atom is 0.335 e. The molecule has 1 rings (SSSR count). The second-order valence-corrected chi connectivity index (χ2v) is 5.23. The lowest BCUT2D eigenvalue weighted by Gasteiger charge is -2.24. The first-order valence-corrected chi connectivity index (χ1v) is 6.79. The second kappa shape index (κ2) is 6.81. The highest BCUT2D eigenvalue weighted by Gasteiger charge is 2.18. The summed E-state index contributed by atoms with van der Waals surface area (Å²) in [7, 11) is 1.66. The van der Waals surface area contributed by atoms with Crippen molar-refractivity contribution in [3.8, 4) is 0 Å². The predicted octanol–water partition coefficient (Wildman–Crippen LogP) is 3.95. The molecule has 0 aromatic heterocycles. The van der Waals surface area contributed by atoms with Crippen LogP contribution in [0, 0.1) is 0 Å².